The number of nitrogens with one attached hydrogen (secondary N) is 1. The molecule has 0 unspecified atom stereocenters. The van der Waals surface area contributed by atoms with Gasteiger partial charge in [0.2, 0.25) is 15.9 Å². The average molecular weight is 500 g/mol. The van der Waals surface area contributed by atoms with Crippen molar-refractivity contribution in [2.75, 3.05) is 23.2 Å². The van der Waals surface area contributed by atoms with Crippen LogP contribution < -0.4 is 9.62 Å². The molecule has 0 radical (unpaired) electrons. The van der Waals surface area contributed by atoms with Crippen LogP contribution in [-0.2, 0) is 37.8 Å². The SMILES string of the molecule is CC(=O)N1CCc2cc(S(=O)(=O)Nc3ccc(S(=O)(=O)N(C)Cc4ccccc4)cc3)ccc21. The minimum Gasteiger partial charge on any atom is -0.312 e. The summed E-state index contributed by atoms with van der Waals surface area (Å²) in [7, 11) is -6.14. The van der Waals surface area contributed by atoms with Crippen molar-refractivity contribution in [1.82, 2.24) is 4.31 Å². The van der Waals surface area contributed by atoms with Gasteiger partial charge in [-0.05, 0) is 60.0 Å². The van der Waals surface area contributed by atoms with Crippen LogP contribution in [-0.4, -0.2) is 40.6 Å². The lowest BCUT2D eigenvalue weighted by molar-refractivity contribution is -0.116. The molecule has 0 saturated carbocycles. The van der Waals surface area contributed by atoms with E-state index in [0.29, 0.717) is 13.0 Å². The lowest BCUT2D eigenvalue weighted by Crippen LogP contribution is -2.26. The third kappa shape index (κ3) is 4.84. The van der Waals surface area contributed by atoms with Crippen LogP contribution in [0.1, 0.15) is 18.1 Å². The van der Waals surface area contributed by atoms with E-state index in [-0.39, 0.29) is 27.9 Å². The Labute approximate surface area is 199 Å². The molecule has 8 nitrogen and oxygen atoms in total. The summed E-state index contributed by atoms with van der Waals surface area (Å²) in [5.41, 5.74) is 2.62. The van der Waals surface area contributed by atoms with Gasteiger partial charge in [0, 0.05) is 38.4 Å². The van der Waals surface area contributed by atoms with E-state index in [1.807, 2.05) is 30.3 Å². The highest BCUT2D eigenvalue weighted by Gasteiger charge is 2.25. The molecule has 1 aliphatic heterocycles. The van der Waals surface area contributed by atoms with Crippen molar-refractivity contribution >= 4 is 37.3 Å². The molecule has 0 spiro atoms. The number of benzene rings is 3. The fourth-order valence-corrected chi connectivity index (χ4v) is 6.15. The first-order valence-corrected chi connectivity index (χ1v) is 13.5. The Morgan fingerprint density at radius 2 is 1.59 bits per heavy atom. The zero-order valence-corrected chi connectivity index (χ0v) is 20.4. The number of fused-ring (bicyclic) bond motifs is 1. The highest BCUT2D eigenvalue weighted by molar-refractivity contribution is 7.92. The maximum Gasteiger partial charge on any atom is 0.261 e. The number of anilines is 2. The van der Waals surface area contributed by atoms with E-state index < -0.39 is 20.0 Å². The summed E-state index contributed by atoms with van der Waals surface area (Å²) < 4.78 is 55.3. The van der Waals surface area contributed by atoms with Gasteiger partial charge in [0.05, 0.1) is 9.79 Å². The van der Waals surface area contributed by atoms with E-state index >= 15 is 0 Å². The number of hydrogen-bond acceptors (Lipinski definition) is 5. The average Bonchev–Trinajstić information content (AvgIpc) is 3.23. The van der Waals surface area contributed by atoms with Crippen LogP contribution in [0.15, 0.2) is 82.6 Å². The molecule has 0 aromatic heterocycles. The number of rotatable bonds is 7. The van der Waals surface area contributed by atoms with Crippen LogP contribution in [0.5, 0.6) is 0 Å². The van der Waals surface area contributed by atoms with Crippen molar-refractivity contribution in [2.45, 2.75) is 29.7 Å². The van der Waals surface area contributed by atoms with Crippen LogP contribution in [0.2, 0.25) is 0 Å². The fourth-order valence-electron chi connectivity index (χ4n) is 3.89. The summed E-state index contributed by atoms with van der Waals surface area (Å²) >= 11 is 0. The molecular weight excluding hydrogens is 474 g/mol. The number of nitrogens with zero attached hydrogens (tertiary/aromatic N) is 2. The quantitative estimate of drug-likeness (QED) is 0.538. The van der Waals surface area contributed by atoms with Gasteiger partial charge in [0.25, 0.3) is 10.0 Å². The number of carbonyl (C=O) groups excluding carboxylic acids is 1. The van der Waals surface area contributed by atoms with Crippen LogP contribution in [0.25, 0.3) is 0 Å². The first-order valence-electron chi connectivity index (χ1n) is 10.6. The lowest BCUT2D eigenvalue weighted by atomic mass is 10.2. The molecular formula is C24H25N3O5S2. The zero-order valence-electron chi connectivity index (χ0n) is 18.8. The topological polar surface area (TPSA) is 104 Å². The van der Waals surface area contributed by atoms with E-state index in [1.54, 1.807) is 17.0 Å². The summed E-state index contributed by atoms with van der Waals surface area (Å²) in [6, 6.07) is 19.5. The Morgan fingerprint density at radius 3 is 2.24 bits per heavy atom. The Morgan fingerprint density at radius 1 is 0.941 bits per heavy atom. The molecule has 0 aliphatic carbocycles. The molecule has 0 bridgehead atoms. The molecule has 0 fully saturated rings. The molecule has 3 aromatic rings. The summed E-state index contributed by atoms with van der Waals surface area (Å²) in [4.78, 5) is 13.5. The monoisotopic (exact) mass is 499 g/mol. The van der Waals surface area contributed by atoms with Crippen molar-refractivity contribution in [2.24, 2.45) is 0 Å². The maximum absolute atomic E-state index is 12.9. The van der Waals surface area contributed by atoms with Crippen molar-refractivity contribution < 1.29 is 21.6 Å². The van der Waals surface area contributed by atoms with Crippen molar-refractivity contribution in [3.63, 3.8) is 0 Å². The number of amides is 1. The van der Waals surface area contributed by atoms with Gasteiger partial charge in [-0.1, -0.05) is 30.3 Å². The van der Waals surface area contributed by atoms with E-state index in [4.69, 9.17) is 0 Å². The maximum atomic E-state index is 12.9. The van der Waals surface area contributed by atoms with Crippen LogP contribution in [0.4, 0.5) is 11.4 Å². The number of sulfonamides is 2. The van der Waals surface area contributed by atoms with E-state index in [1.165, 1.54) is 48.6 Å². The van der Waals surface area contributed by atoms with Crippen LogP contribution >= 0.6 is 0 Å². The van der Waals surface area contributed by atoms with Crippen molar-refractivity contribution in [1.29, 1.82) is 0 Å². The Hall–Kier alpha value is -3.21. The minimum absolute atomic E-state index is 0.0655. The van der Waals surface area contributed by atoms with Gasteiger partial charge in [0.15, 0.2) is 0 Å². The first kappa shape index (κ1) is 23.9. The summed E-state index contributed by atoms with van der Waals surface area (Å²) in [6.07, 6.45) is 0.585. The Balaban J connectivity index is 1.49. The molecule has 1 N–H and O–H groups in total. The van der Waals surface area contributed by atoms with Gasteiger partial charge in [-0.2, -0.15) is 4.31 Å². The van der Waals surface area contributed by atoms with Crippen LogP contribution in [0.3, 0.4) is 0 Å². The van der Waals surface area contributed by atoms with Gasteiger partial charge in [-0.3, -0.25) is 9.52 Å². The second kappa shape index (κ2) is 9.21. The van der Waals surface area contributed by atoms with E-state index in [0.717, 1.165) is 16.8 Å². The normalized spacial score (nSPS) is 13.7. The largest absolute Gasteiger partial charge is 0.312 e. The van der Waals surface area contributed by atoms with E-state index in [2.05, 4.69) is 4.72 Å². The van der Waals surface area contributed by atoms with E-state index in [9.17, 15) is 21.6 Å². The molecule has 1 amide bonds. The minimum atomic E-state index is -3.89. The third-order valence-electron chi connectivity index (χ3n) is 5.70. The smallest absolute Gasteiger partial charge is 0.261 e. The second-order valence-electron chi connectivity index (χ2n) is 8.09. The zero-order chi connectivity index (χ0) is 24.5. The van der Waals surface area contributed by atoms with Gasteiger partial charge < -0.3 is 4.90 Å². The molecule has 4 rings (SSSR count). The van der Waals surface area contributed by atoms with Gasteiger partial charge in [-0.15, -0.1) is 0 Å². The number of hydrogen-bond donors (Lipinski definition) is 1. The molecule has 34 heavy (non-hydrogen) atoms. The van der Waals surface area contributed by atoms with Crippen molar-refractivity contribution in [3.05, 3.63) is 83.9 Å². The van der Waals surface area contributed by atoms with Crippen molar-refractivity contribution in [3.8, 4) is 0 Å². The second-order valence-corrected chi connectivity index (χ2v) is 11.8. The molecule has 0 atom stereocenters. The Bertz CT molecular complexity index is 1420. The molecule has 1 heterocycles. The molecule has 10 heteroatoms. The van der Waals surface area contributed by atoms with Gasteiger partial charge in [0.1, 0.15) is 0 Å². The highest BCUT2D eigenvalue weighted by atomic mass is 32.2. The highest BCUT2D eigenvalue weighted by Crippen LogP contribution is 2.31. The summed E-state index contributed by atoms with van der Waals surface area (Å²) in [6.45, 7) is 2.22. The van der Waals surface area contributed by atoms with Crippen LogP contribution in [0, 0.1) is 0 Å². The summed E-state index contributed by atoms with van der Waals surface area (Å²) in [5.74, 6) is -0.0862. The molecule has 178 valence electrons. The number of carbonyl (C=O) groups is 1. The lowest BCUT2D eigenvalue weighted by Gasteiger charge is -2.18. The Kier molecular flexibility index (Phi) is 6.48. The predicted octanol–water partition coefficient (Wildman–Crippen LogP) is 3.22. The molecule has 1 aliphatic rings. The summed E-state index contributed by atoms with van der Waals surface area (Å²) in [5, 5.41) is 0. The third-order valence-corrected chi connectivity index (χ3v) is 8.90. The molecule has 3 aromatic carbocycles. The van der Waals surface area contributed by atoms with Gasteiger partial charge >= 0.3 is 0 Å². The predicted molar refractivity (Wildman–Crippen MR) is 131 cm³/mol. The molecule has 0 saturated heterocycles. The van der Waals surface area contributed by atoms with Gasteiger partial charge in [-0.25, -0.2) is 16.8 Å². The standard InChI is InChI=1S/C24H25N3O5S2/c1-18(28)27-15-14-20-16-23(12-13-24(20)27)33(29,30)25-21-8-10-22(11-9-21)34(31,32)26(2)17-19-6-4-3-5-7-19/h3-13,16,25H,14-15,17H2,1-2H3. The fraction of sp³-hybridized carbons (Fsp3) is 0.208. The first-order chi connectivity index (χ1) is 16.1.